The second kappa shape index (κ2) is 8.89. The molecule has 0 saturated heterocycles. The van der Waals surface area contributed by atoms with Crippen LogP contribution in [0.4, 0.5) is 13.2 Å². The zero-order valence-electron chi connectivity index (χ0n) is 15.9. The predicted molar refractivity (Wildman–Crippen MR) is 101 cm³/mol. The molecule has 0 bridgehead atoms. The molecule has 1 aromatic heterocycles. The maximum atomic E-state index is 12.8. The van der Waals surface area contributed by atoms with Crippen molar-refractivity contribution < 1.29 is 32.3 Å². The monoisotopic (exact) mass is 435 g/mol. The summed E-state index contributed by atoms with van der Waals surface area (Å²) in [6.45, 7) is 3.02. The van der Waals surface area contributed by atoms with Crippen LogP contribution in [0.5, 0.6) is 5.75 Å². The van der Waals surface area contributed by atoms with Crippen LogP contribution >= 0.6 is 11.8 Å². The molecule has 0 aliphatic carbocycles. The van der Waals surface area contributed by atoms with Gasteiger partial charge < -0.3 is 19.7 Å². The Kier molecular flexibility index (Phi) is 6.98. The van der Waals surface area contributed by atoms with E-state index in [9.17, 15) is 22.8 Å². The summed E-state index contributed by atoms with van der Waals surface area (Å²) in [5, 5.41) is 14.7. The van der Waals surface area contributed by atoms with Crippen LogP contribution < -0.4 is 15.7 Å². The van der Waals surface area contributed by atoms with Gasteiger partial charge >= 0.3 is 11.8 Å². The average molecular weight is 435 g/mol. The van der Waals surface area contributed by atoms with Crippen LogP contribution in [0.15, 0.2) is 31.5 Å². The second-order valence-electron chi connectivity index (χ2n) is 6.56. The van der Waals surface area contributed by atoms with Gasteiger partial charge in [0, 0.05) is 18.2 Å². The number of methoxy groups -OCH3 is 1. The van der Waals surface area contributed by atoms with Gasteiger partial charge in [-0.25, -0.2) is 4.79 Å². The van der Waals surface area contributed by atoms with E-state index in [0.717, 1.165) is 6.07 Å². The fourth-order valence-corrected chi connectivity index (χ4v) is 3.64. The molecule has 2 rings (SSSR count). The Labute approximate surface area is 168 Å². The molecular formula is C17H20F3N3O5S. The number of hydrogen-bond acceptors (Lipinski definition) is 8. The number of thioether (sulfide) groups is 1. The van der Waals surface area contributed by atoms with Crippen LogP contribution in [-0.4, -0.2) is 46.4 Å². The lowest BCUT2D eigenvalue weighted by atomic mass is 10.0. The third kappa shape index (κ3) is 5.99. The second-order valence-corrected chi connectivity index (χ2v) is 7.53. The number of rotatable bonds is 7. The first-order valence-corrected chi connectivity index (χ1v) is 9.44. The van der Waals surface area contributed by atoms with Gasteiger partial charge in [-0.15, -0.1) is 11.8 Å². The van der Waals surface area contributed by atoms with Gasteiger partial charge in [0.05, 0.1) is 19.2 Å². The predicted octanol–water partition coefficient (Wildman–Crippen LogP) is 2.90. The Bertz CT molecular complexity index is 884. The van der Waals surface area contributed by atoms with Gasteiger partial charge in [0.2, 0.25) is 5.91 Å². The first-order valence-electron chi connectivity index (χ1n) is 8.46. The Morgan fingerprint density at radius 1 is 1.52 bits per heavy atom. The number of hydrogen-bond donors (Lipinski definition) is 2. The van der Waals surface area contributed by atoms with Crippen molar-refractivity contribution in [3.8, 4) is 5.75 Å². The topological polar surface area (TPSA) is 113 Å². The first kappa shape index (κ1) is 22.8. The van der Waals surface area contributed by atoms with Crippen LogP contribution in [0.2, 0.25) is 0 Å². The van der Waals surface area contributed by atoms with Gasteiger partial charge in [0.25, 0.3) is 0 Å². The number of halogens is 3. The normalized spacial score (nSPS) is 20.9. The smallest absolute Gasteiger partial charge is 0.389 e. The van der Waals surface area contributed by atoms with Crippen molar-refractivity contribution in [2.24, 2.45) is 10.1 Å². The summed E-state index contributed by atoms with van der Waals surface area (Å²) in [7, 11) is 1.29. The summed E-state index contributed by atoms with van der Waals surface area (Å²) in [6.07, 6.45) is -6.20. The maximum absolute atomic E-state index is 12.8. The maximum Gasteiger partial charge on any atom is 0.389 e. The quantitative estimate of drug-likeness (QED) is 0.387. The van der Waals surface area contributed by atoms with Crippen molar-refractivity contribution in [1.29, 1.82) is 0 Å². The van der Waals surface area contributed by atoms with Crippen LogP contribution in [0.1, 0.15) is 38.5 Å². The molecule has 2 atom stereocenters. The molecule has 160 valence electrons. The number of nitrogens with one attached hydrogen (secondary N) is 1. The summed E-state index contributed by atoms with van der Waals surface area (Å²) < 4.78 is 48.2. The van der Waals surface area contributed by atoms with E-state index in [2.05, 4.69) is 15.5 Å². The third-order valence-corrected chi connectivity index (χ3v) is 5.52. The molecule has 2 N–H and O–H groups in total. The van der Waals surface area contributed by atoms with E-state index in [-0.39, 0.29) is 23.0 Å². The molecule has 1 aliphatic rings. The lowest BCUT2D eigenvalue weighted by molar-refractivity contribution is -0.139. The zero-order valence-corrected chi connectivity index (χ0v) is 16.7. The molecule has 0 saturated carbocycles. The largest absolute Gasteiger partial charge is 0.496 e. The van der Waals surface area contributed by atoms with Crippen LogP contribution in [0.25, 0.3) is 0 Å². The van der Waals surface area contributed by atoms with E-state index >= 15 is 0 Å². The molecule has 8 nitrogen and oxygen atoms in total. The van der Waals surface area contributed by atoms with Crippen LogP contribution in [0.3, 0.4) is 0 Å². The summed E-state index contributed by atoms with van der Waals surface area (Å²) in [5.74, 6) is -0.503. The van der Waals surface area contributed by atoms with Crippen molar-refractivity contribution in [3.63, 3.8) is 0 Å². The van der Waals surface area contributed by atoms with E-state index < -0.39 is 42.1 Å². The fourth-order valence-electron chi connectivity index (χ4n) is 2.51. The molecule has 0 fully saturated rings. The van der Waals surface area contributed by atoms with E-state index in [1.807, 2.05) is 0 Å². The molecular weight excluding hydrogens is 415 g/mol. The zero-order chi connectivity index (χ0) is 21.8. The minimum atomic E-state index is -4.46. The number of amides is 1. The van der Waals surface area contributed by atoms with E-state index in [0.29, 0.717) is 5.04 Å². The highest BCUT2D eigenvalue weighted by Crippen LogP contribution is 2.32. The van der Waals surface area contributed by atoms with Crippen LogP contribution in [0, 0.1) is 0 Å². The summed E-state index contributed by atoms with van der Waals surface area (Å²) >= 11 is 1.18. The van der Waals surface area contributed by atoms with Gasteiger partial charge in [-0.3, -0.25) is 9.79 Å². The van der Waals surface area contributed by atoms with Gasteiger partial charge in [0.15, 0.2) is 0 Å². The van der Waals surface area contributed by atoms with E-state index in [4.69, 9.17) is 14.4 Å². The number of alkyl halides is 3. The van der Waals surface area contributed by atoms with Crippen molar-refractivity contribution in [1.82, 2.24) is 5.32 Å². The number of ether oxygens (including phenoxy) is 1. The number of oxime groups is 1. The molecule has 29 heavy (non-hydrogen) atoms. The lowest BCUT2D eigenvalue weighted by Gasteiger charge is -2.24. The van der Waals surface area contributed by atoms with Crippen molar-refractivity contribution >= 4 is 28.4 Å². The molecule has 1 amide bonds. The Hall–Kier alpha value is -2.50. The summed E-state index contributed by atoms with van der Waals surface area (Å²) in [6, 6.07) is 1.07. The van der Waals surface area contributed by atoms with Crippen molar-refractivity contribution in [2.45, 2.75) is 44.4 Å². The molecule has 0 aromatic carbocycles. The highest BCUT2D eigenvalue weighted by molar-refractivity contribution is 8.16. The molecule has 1 aliphatic heterocycles. The molecule has 0 spiro atoms. The number of aliphatic imine (C=N–C) groups is 1. The van der Waals surface area contributed by atoms with Gasteiger partial charge in [-0.1, -0.05) is 5.16 Å². The van der Waals surface area contributed by atoms with E-state index in [1.54, 1.807) is 0 Å². The highest BCUT2D eigenvalue weighted by atomic mass is 32.2. The van der Waals surface area contributed by atoms with Gasteiger partial charge in [0.1, 0.15) is 27.8 Å². The minimum absolute atomic E-state index is 0.0974. The molecule has 12 heteroatoms. The number of nitrogens with zero attached hydrogens (tertiary/aromatic N) is 2. The summed E-state index contributed by atoms with van der Waals surface area (Å²) in [4.78, 5) is 28.7. The molecule has 1 aromatic rings. The van der Waals surface area contributed by atoms with Gasteiger partial charge in [-0.05, 0) is 20.3 Å². The average Bonchev–Trinajstić information content (AvgIpc) is 3.06. The SMILES string of the molecule is COc1cc([C@@H](CCC(F)(F)F)NC(=O)[C@]2(C)CSC(/C(C)=N\O)=N2)oc(=O)c1. The van der Waals surface area contributed by atoms with Crippen LogP contribution in [-0.2, 0) is 4.79 Å². The van der Waals surface area contributed by atoms with Crippen molar-refractivity contribution in [3.05, 3.63) is 28.3 Å². The Morgan fingerprint density at radius 2 is 2.21 bits per heavy atom. The van der Waals surface area contributed by atoms with Crippen molar-refractivity contribution in [2.75, 3.05) is 12.9 Å². The number of carbonyl (C=O) groups is 1. The Balaban J connectivity index is 2.30. The Morgan fingerprint density at radius 3 is 2.79 bits per heavy atom. The lowest BCUT2D eigenvalue weighted by Crippen LogP contribution is -2.45. The first-order chi connectivity index (χ1) is 13.5. The number of carbonyl (C=O) groups excluding carboxylic acids is 1. The third-order valence-electron chi connectivity index (χ3n) is 4.15. The molecule has 0 radical (unpaired) electrons. The van der Waals surface area contributed by atoms with E-state index in [1.165, 1.54) is 38.8 Å². The van der Waals surface area contributed by atoms with Gasteiger partial charge in [-0.2, -0.15) is 13.2 Å². The fraction of sp³-hybridized carbons (Fsp3) is 0.529. The minimum Gasteiger partial charge on any atom is -0.496 e. The standard InChI is InChI=1S/C17H20F3N3O5S/c1-9(23-26)14-22-16(2,8-29-14)15(25)21-11(4-5-17(18,19)20)12-6-10(27-3)7-13(24)28-12/h6-7,11,26H,4-5,8H2,1-3H3,(H,21,25)/b23-9-/t11-,16+/m1/s1. The molecule has 2 heterocycles. The highest BCUT2D eigenvalue weighted by Gasteiger charge is 2.40. The molecule has 0 unspecified atom stereocenters. The summed E-state index contributed by atoms with van der Waals surface area (Å²) in [5.41, 5.74) is -1.89.